The highest BCUT2D eigenvalue weighted by Crippen LogP contribution is 2.23. The molecule has 1 rings (SSSR count). The van der Waals surface area contributed by atoms with Gasteiger partial charge in [0.15, 0.2) is 0 Å². The molecule has 0 aliphatic rings. The van der Waals surface area contributed by atoms with E-state index in [9.17, 15) is 9.59 Å². The molecule has 0 radical (unpaired) electrons. The van der Waals surface area contributed by atoms with Crippen LogP contribution >= 0.6 is 0 Å². The molecule has 2 amide bonds. The van der Waals surface area contributed by atoms with Gasteiger partial charge in [0, 0.05) is 39.2 Å². The lowest BCUT2D eigenvalue weighted by Gasteiger charge is -2.21. The highest BCUT2D eigenvalue weighted by molar-refractivity contribution is 5.96. The molecule has 0 atom stereocenters. The molecule has 0 saturated carbocycles. The van der Waals surface area contributed by atoms with Gasteiger partial charge in [0.2, 0.25) is 5.91 Å². The van der Waals surface area contributed by atoms with Crippen molar-refractivity contribution in [2.75, 3.05) is 37.8 Å². The fourth-order valence-electron chi connectivity index (χ4n) is 1.79. The SMILES string of the molecule is CCNC(=O)c1ccc(N)c(N(C)CCC(=O)NC)c1. The number of benzene rings is 1. The largest absolute Gasteiger partial charge is 0.397 e. The number of anilines is 2. The predicted molar refractivity (Wildman–Crippen MR) is 80.8 cm³/mol. The second-order valence-electron chi connectivity index (χ2n) is 4.48. The van der Waals surface area contributed by atoms with Crippen molar-refractivity contribution in [2.24, 2.45) is 0 Å². The van der Waals surface area contributed by atoms with Crippen LogP contribution in [0.15, 0.2) is 18.2 Å². The van der Waals surface area contributed by atoms with Gasteiger partial charge in [0.25, 0.3) is 5.91 Å². The molecule has 6 nitrogen and oxygen atoms in total. The molecule has 0 fully saturated rings. The van der Waals surface area contributed by atoms with E-state index in [-0.39, 0.29) is 11.8 Å². The third-order valence-corrected chi connectivity index (χ3v) is 2.99. The van der Waals surface area contributed by atoms with E-state index >= 15 is 0 Å². The number of carbonyl (C=O) groups is 2. The van der Waals surface area contributed by atoms with Crippen LogP contribution in [0.1, 0.15) is 23.7 Å². The van der Waals surface area contributed by atoms with E-state index < -0.39 is 0 Å². The van der Waals surface area contributed by atoms with Crippen LogP contribution in [0.5, 0.6) is 0 Å². The highest BCUT2D eigenvalue weighted by Gasteiger charge is 2.11. The molecule has 110 valence electrons. The summed E-state index contributed by atoms with van der Waals surface area (Å²) in [6, 6.07) is 5.14. The monoisotopic (exact) mass is 278 g/mol. The molecular formula is C14H22N4O2. The van der Waals surface area contributed by atoms with Crippen molar-refractivity contribution in [2.45, 2.75) is 13.3 Å². The summed E-state index contributed by atoms with van der Waals surface area (Å²) in [5.74, 6) is -0.163. The quantitative estimate of drug-likeness (QED) is 0.665. The number of hydrogen-bond donors (Lipinski definition) is 3. The Bertz CT molecular complexity index is 488. The van der Waals surface area contributed by atoms with Crippen molar-refractivity contribution >= 4 is 23.2 Å². The summed E-state index contributed by atoms with van der Waals surface area (Å²) in [5, 5.41) is 5.32. The van der Waals surface area contributed by atoms with Crippen LogP contribution in [0.2, 0.25) is 0 Å². The van der Waals surface area contributed by atoms with Gasteiger partial charge in [-0.15, -0.1) is 0 Å². The summed E-state index contributed by atoms with van der Waals surface area (Å²) < 4.78 is 0. The minimum absolute atomic E-state index is 0.0321. The van der Waals surface area contributed by atoms with E-state index in [1.165, 1.54) is 0 Å². The second-order valence-corrected chi connectivity index (χ2v) is 4.48. The Hall–Kier alpha value is -2.24. The molecule has 0 heterocycles. The lowest BCUT2D eigenvalue weighted by Crippen LogP contribution is -2.27. The lowest BCUT2D eigenvalue weighted by molar-refractivity contribution is -0.120. The molecule has 0 aromatic heterocycles. The van der Waals surface area contributed by atoms with Gasteiger partial charge in [0.05, 0.1) is 11.4 Å². The van der Waals surface area contributed by atoms with E-state index in [0.717, 1.165) is 5.69 Å². The first kappa shape index (κ1) is 15.8. The summed E-state index contributed by atoms with van der Waals surface area (Å²) in [6.45, 7) is 2.97. The molecule has 0 aliphatic carbocycles. The van der Waals surface area contributed by atoms with E-state index in [1.54, 1.807) is 25.2 Å². The first-order valence-electron chi connectivity index (χ1n) is 6.59. The van der Waals surface area contributed by atoms with Crippen LogP contribution in [0.25, 0.3) is 0 Å². The number of hydrogen-bond acceptors (Lipinski definition) is 4. The fraction of sp³-hybridized carbons (Fsp3) is 0.429. The Morgan fingerprint density at radius 2 is 2.05 bits per heavy atom. The highest BCUT2D eigenvalue weighted by atomic mass is 16.2. The minimum atomic E-state index is -0.131. The number of amides is 2. The Labute approximate surface area is 119 Å². The summed E-state index contributed by atoms with van der Waals surface area (Å²) in [7, 11) is 3.45. The van der Waals surface area contributed by atoms with Gasteiger partial charge in [-0.1, -0.05) is 0 Å². The van der Waals surface area contributed by atoms with E-state index in [2.05, 4.69) is 10.6 Å². The molecule has 1 aromatic carbocycles. The zero-order chi connectivity index (χ0) is 15.1. The Kier molecular flexibility index (Phi) is 5.83. The molecular weight excluding hydrogens is 256 g/mol. The zero-order valence-corrected chi connectivity index (χ0v) is 12.2. The van der Waals surface area contributed by atoms with Crippen LogP contribution in [-0.4, -0.2) is 39.0 Å². The molecule has 4 N–H and O–H groups in total. The van der Waals surface area contributed by atoms with Gasteiger partial charge < -0.3 is 21.3 Å². The number of nitrogens with zero attached hydrogens (tertiary/aromatic N) is 1. The molecule has 6 heteroatoms. The van der Waals surface area contributed by atoms with Crippen molar-refractivity contribution in [3.63, 3.8) is 0 Å². The van der Waals surface area contributed by atoms with Crippen LogP contribution in [-0.2, 0) is 4.79 Å². The Balaban J connectivity index is 2.85. The molecule has 1 aromatic rings. The summed E-state index contributed by atoms with van der Waals surface area (Å²) in [5.41, 5.74) is 7.82. The third kappa shape index (κ3) is 4.15. The van der Waals surface area contributed by atoms with Gasteiger partial charge >= 0.3 is 0 Å². The number of nitrogens with one attached hydrogen (secondary N) is 2. The predicted octanol–water partition coefficient (Wildman–Crippen LogP) is 0.591. The third-order valence-electron chi connectivity index (χ3n) is 2.99. The van der Waals surface area contributed by atoms with Crippen LogP contribution in [0.4, 0.5) is 11.4 Å². The summed E-state index contributed by atoms with van der Waals surface area (Å²) >= 11 is 0. The number of nitrogens with two attached hydrogens (primary N) is 1. The summed E-state index contributed by atoms with van der Waals surface area (Å²) in [4.78, 5) is 24.9. The molecule has 0 aliphatic heterocycles. The van der Waals surface area contributed by atoms with E-state index in [4.69, 9.17) is 5.73 Å². The van der Waals surface area contributed by atoms with E-state index in [1.807, 2.05) is 18.9 Å². The number of carbonyl (C=O) groups excluding carboxylic acids is 2. The van der Waals surface area contributed by atoms with Crippen molar-refractivity contribution < 1.29 is 9.59 Å². The Morgan fingerprint density at radius 1 is 1.35 bits per heavy atom. The fourth-order valence-corrected chi connectivity index (χ4v) is 1.79. The molecule has 20 heavy (non-hydrogen) atoms. The zero-order valence-electron chi connectivity index (χ0n) is 12.2. The van der Waals surface area contributed by atoms with Crippen molar-refractivity contribution in [1.29, 1.82) is 0 Å². The van der Waals surface area contributed by atoms with E-state index in [0.29, 0.717) is 30.8 Å². The van der Waals surface area contributed by atoms with Crippen LogP contribution in [0, 0.1) is 0 Å². The number of nitrogen functional groups attached to an aromatic ring is 1. The average Bonchev–Trinajstić information content (AvgIpc) is 2.45. The van der Waals surface area contributed by atoms with Gasteiger partial charge in [-0.05, 0) is 25.1 Å². The average molecular weight is 278 g/mol. The van der Waals surface area contributed by atoms with Gasteiger partial charge in [0.1, 0.15) is 0 Å². The maximum absolute atomic E-state index is 11.8. The molecule has 0 saturated heterocycles. The number of rotatable bonds is 6. The van der Waals surface area contributed by atoms with Gasteiger partial charge in [-0.25, -0.2) is 0 Å². The standard InChI is InChI=1S/C14H22N4O2/c1-4-17-14(20)10-5-6-11(15)12(9-10)18(3)8-7-13(19)16-2/h5-6,9H,4,7-8,15H2,1-3H3,(H,16,19)(H,17,20). The first-order chi connectivity index (χ1) is 9.49. The first-order valence-corrected chi connectivity index (χ1v) is 6.59. The van der Waals surface area contributed by atoms with Crippen LogP contribution in [0.3, 0.4) is 0 Å². The van der Waals surface area contributed by atoms with Gasteiger partial charge in [-0.3, -0.25) is 9.59 Å². The maximum Gasteiger partial charge on any atom is 0.251 e. The Morgan fingerprint density at radius 3 is 2.65 bits per heavy atom. The van der Waals surface area contributed by atoms with Crippen molar-refractivity contribution in [3.05, 3.63) is 23.8 Å². The molecule has 0 spiro atoms. The second kappa shape index (κ2) is 7.37. The van der Waals surface area contributed by atoms with Crippen LogP contribution < -0.4 is 21.3 Å². The lowest BCUT2D eigenvalue weighted by atomic mass is 10.1. The minimum Gasteiger partial charge on any atom is -0.397 e. The van der Waals surface area contributed by atoms with Gasteiger partial charge in [-0.2, -0.15) is 0 Å². The van der Waals surface area contributed by atoms with Crippen molar-refractivity contribution in [3.8, 4) is 0 Å². The molecule has 0 unspecified atom stereocenters. The van der Waals surface area contributed by atoms with Crippen molar-refractivity contribution in [1.82, 2.24) is 10.6 Å². The summed E-state index contributed by atoms with van der Waals surface area (Å²) in [6.07, 6.45) is 0.373. The molecule has 0 bridgehead atoms. The smallest absolute Gasteiger partial charge is 0.251 e. The normalized spacial score (nSPS) is 9.95. The maximum atomic E-state index is 11.8. The topological polar surface area (TPSA) is 87.5 Å².